The van der Waals surface area contributed by atoms with Crippen molar-refractivity contribution in [1.29, 1.82) is 0 Å². The number of nitrogens with zero attached hydrogens (tertiary/aromatic N) is 3. The molecule has 0 fully saturated rings. The molecule has 31 heavy (non-hydrogen) atoms. The molecule has 1 aromatic heterocycles. The standard InChI is InChI=1S/C24H32N4O3/c1-16-5-7-18(8-6-16)23-26-17(2)28(27-23)12-11-24(3,4)25-14-22(31)19-9-10-21(30)20(13-19)15-29/h5-10,13,22,25,29-31H,11-12,14-15H2,1-4H3. The van der Waals surface area contributed by atoms with Crippen LogP contribution in [0.15, 0.2) is 42.5 Å². The molecule has 0 aliphatic carbocycles. The van der Waals surface area contributed by atoms with Gasteiger partial charge in [0.2, 0.25) is 0 Å². The van der Waals surface area contributed by atoms with Gasteiger partial charge in [0.1, 0.15) is 11.6 Å². The largest absolute Gasteiger partial charge is 0.508 e. The van der Waals surface area contributed by atoms with Crippen LogP contribution in [0.5, 0.6) is 5.75 Å². The first kappa shape index (κ1) is 22.9. The summed E-state index contributed by atoms with van der Waals surface area (Å²) in [5, 5.41) is 37.6. The lowest BCUT2D eigenvalue weighted by Gasteiger charge is -2.28. The van der Waals surface area contributed by atoms with Crippen molar-refractivity contribution in [3.63, 3.8) is 0 Å². The second kappa shape index (κ2) is 9.60. The minimum Gasteiger partial charge on any atom is -0.508 e. The molecule has 0 radical (unpaired) electrons. The zero-order chi connectivity index (χ0) is 22.6. The molecule has 2 aromatic carbocycles. The fraction of sp³-hybridized carbons (Fsp3) is 0.417. The van der Waals surface area contributed by atoms with E-state index in [1.807, 2.05) is 23.7 Å². The molecule has 0 amide bonds. The van der Waals surface area contributed by atoms with Crippen molar-refractivity contribution in [2.75, 3.05) is 6.54 Å². The molecule has 0 aliphatic heterocycles. The summed E-state index contributed by atoms with van der Waals surface area (Å²) >= 11 is 0. The molecule has 0 saturated heterocycles. The third kappa shape index (κ3) is 5.91. The van der Waals surface area contributed by atoms with Crippen molar-refractivity contribution in [2.24, 2.45) is 0 Å². The van der Waals surface area contributed by atoms with Crippen molar-refractivity contribution in [3.05, 3.63) is 65.0 Å². The van der Waals surface area contributed by atoms with Crippen LogP contribution in [-0.4, -0.2) is 42.2 Å². The van der Waals surface area contributed by atoms with Gasteiger partial charge in [-0.2, -0.15) is 5.10 Å². The van der Waals surface area contributed by atoms with E-state index >= 15 is 0 Å². The number of nitrogens with one attached hydrogen (secondary N) is 1. The topological polar surface area (TPSA) is 103 Å². The van der Waals surface area contributed by atoms with Crippen LogP contribution >= 0.6 is 0 Å². The van der Waals surface area contributed by atoms with Gasteiger partial charge in [0, 0.05) is 29.8 Å². The molecule has 0 bridgehead atoms. The molecule has 3 rings (SSSR count). The fourth-order valence-electron chi connectivity index (χ4n) is 3.36. The number of phenols is 1. The van der Waals surface area contributed by atoms with Gasteiger partial charge in [-0.3, -0.25) is 0 Å². The monoisotopic (exact) mass is 424 g/mol. The predicted octanol–water partition coefficient (Wildman–Crippen LogP) is 3.25. The number of aliphatic hydroxyl groups excluding tert-OH is 2. The molecule has 7 nitrogen and oxygen atoms in total. The highest BCUT2D eigenvalue weighted by molar-refractivity contribution is 5.54. The van der Waals surface area contributed by atoms with Crippen LogP contribution in [0.3, 0.4) is 0 Å². The third-order valence-electron chi connectivity index (χ3n) is 5.55. The summed E-state index contributed by atoms with van der Waals surface area (Å²) in [7, 11) is 0. The normalized spacial score (nSPS) is 12.8. The van der Waals surface area contributed by atoms with E-state index in [1.165, 1.54) is 11.6 Å². The molecule has 1 unspecified atom stereocenters. The highest BCUT2D eigenvalue weighted by Crippen LogP contribution is 2.23. The van der Waals surface area contributed by atoms with E-state index in [4.69, 9.17) is 0 Å². The Morgan fingerprint density at radius 2 is 1.81 bits per heavy atom. The molecule has 1 heterocycles. The predicted molar refractivity (Wildman–Crippen MR) is 121 cm³/mol. The second-order valence-electron chi connectivity index (χ2n) is 8.65. The summed E-state index contributed by atoms with van der Waals surface area (Å²) in [6.45, 7) is 8.97. The molecule has 4 N–H and O–H groups in total. The number of rotatable bonds is 9. The first-order valence-corrected chi connectivity index (χ1v) is 10.5. The molecule has 0 aliphatic rings. The Morgan fingerprint density at radius 1 is 1.10 bits per heavy atom. The maximum absolute atomic E-state index is 10.5. The Balaban J connectivity index is 1.58. The van der Waals surface area contributed by atoms with Gasteiger partial charge < -0.3 is 20.6 Å². The Bertz CT molecular complexity index is 1010. The number of aromatic hydroxyl groups is 1. The van der Waals surface area contributed by atoms with Gasteiger partial charge in [-0.25, -0.2) is 9.67 Å². The van der Waals surface area contributed by atoms with E-state index in [1.54, 1.807) is 12.1 Å². The molecule has 3 aromatic rings. The first-order chi connectivity index (χ1) is 14.7. The van der Waals surface area contributed by atoms with Gasteiger partial charge in [0.05, 0.1) is 12.7 Å². The van der Waals surface area contributed by atoms with Crippen LogP contribution in [0.4, 0.5) is 0 Å². The molecular formula is C24H32N4O3. The minimum atomic E-state index is -0.744. The van der Waals surface area contributed by atoms with E-state index in [0.29, 0.717) is 24.2 Å². The molecule has 166 valence electrons. The SMILES string of the molecule is Cc1ccc(-c2nc(C)n(CCC(C)(C)NCC(O)c3ccc(O)c(CO)c3)n2)cc1. The van der Waals surface area contributed by atoms with Gasteiger partial charge in [0.25, 0.3) is 0 Å². The third-order valence-corrected chi connectivity index (χ3v) is 5.55. The summed E-state index contributed by atoms with van der Waals surface area (Å²) in [5.74, 6) is 1.62. The molecule has 7 heteroatoms. The van der Waals surface area contributed by atoms with Crippen LogP contribution in [0.25, 0.3) is 11.4 Å². The van der Waals surface area contributed by atoms with Crippen molar-refractivity contribution in [1.82, 2.24) is 20.1 Å². The van der Waals surface area contributed by atoms with Crippen LogP contribution in [-0.2, 0) is 13.2 Å². The van der Waals surface area contributed by atoms with Gasteiger partial charge >= 0.3 is 0 Å². The van der Waals surface area contributed by atoms with Gasteiger partial charge in [0.15, 0.2) is 5.82 Å². The number of aliphatic hydroxyl groups is 2. The van der Waals surface area contributed by atoms with Crippen LogP contribution < -0.4 is 5.32 Å². The first-order valence-electron chi connectivity index (χ1n) is 10.5. The summed E-state index contributed by atoms with van der Waals surface area (Å²) < 4.78 is 1.92. The lowest BCUT2D eigenvalue weighted by Crippen LogP contribution is -2.42. The lowest BCUT2D eigenvalue weighted by molar-refractivity contribution is 0.157. The summed E-state index contributed by atoms with van der Waals surface area (Å²) in [6.07, 6.45) is 0.0563. The summed E-state index contributed by atoms with van der Waals surface area (Å²) in [6, 6.07) is 13.0. The molecule has 1 atom stereocenters. The van der Waals surface area contributed by atoms with Crippen molar-refractivity contribution in [2.45, 2.75) is 58.9 Å². The van der Waals surface area contributed by atoms with E-state index in [2.05, 4.69) is 48.3 Å². The highest BCUT2D eigenvalue weighted by Gasteiger charge is 2.21. The van der Waals surface area contributed by atoms with E-state index in [-0.39, 0.29) is 17.9 Å². The second-order valence-corrected chi connectivity index (χ2v) is 8.65. The quantitative estimate of drug-likeness (QED) is 0.420. The van der Waals surface area contributed by atoms with Crippen molar-refractivity contribution < 1.29 is 15.3 Å². The lowest BCUT2D eigenvalue weighted by atomic mass is 9.99. The number of β-amino-alcohol motifs (C(OH)–C–C–N with tert-alkyl or cyclic N) is 1. The molecule has 0 spiro atoms. The fourth-order valence-corrected chi connectivity index (χ4v) is 3.36. The summed E-state index contributed by atoms with van der Waals surface area (Å²) in [4.78, 5) is 4.60. The van der Waals surface area contributed by atoms with Gasteiger partial charge in [-0.1, -0.05) is 35.9 Å². The Morgan fingerprint density at radius 3 is 2.48 bits per heavy atom. The Hall–Kier alpha value is -2.74. The maximum atomic E-state index is 10.5. The zero-order valence-electron chi connectivity index (χ0n) is 18.6. The average molecular weight is 425 g/mol. The number of benzene rings is 2. The number of aryl methyl sites for hydroxylation is 3. The van der Waals surface area contributed by atoms with Crippen LogP contribution in [0, 0.1) is 13.8 Å². The molecular weight excluding hydrogens is 392 g/mol. The number of hydrogen-bond donors (Lipinski definition) is 4. The number of hydrogen-bond acceptors (Lipinski definition) is 6. The average Bonchev–Trinajstić information content (AvgIpc) is 3.12. The highest BCUT2D eigenvalue weighted by atomic mass is 16.3. The Kier molecular flexibility index (Phi) is 7.10. The van der Waals surface area contributed by atoms with E-state index in [9.17, 15) is 15.3 Å². The smallest absolute Gasteiger partial charge is 0.181 e. The molecule has 0 saturated carbocycles. The van der Waals surface area contributed by atoms with Crippen molar-refractivity contribution >= 4 is 0 Å². The Labute approximate surface area is 183 Å². The summed E-state index contributed by atoms with van der Waals surface area (Å²) in [5.41, 5.74) is 3.03. The minimum absolute atomic E-state index is 0.0277. The maximum Gasteiger partial charge on any atom is 0.181 e. The van der Waals surface area contributed by atoms with Gasteiger partial charge in [-0.05, 0) is 51.8 Å². The number of aromatic nitrogens is 3. The zero-order valence-corrected chi connectivity index (χ0v) is 18.6. The van der Waals surface area contributed by atoms with Crippen molar-refractivity contribution in [3.8, 4) is 17.1 Å². The van der Waals surface area contributed by atoms with Crippen LogP contribution in [0.1, 0.15) is 48.9 Å². The van der Waals surface area contributed by atoms with E-state index in [0.717, 1.165) is 23.6 Å². The van der Waals surface area contributed by atoms with E-state index < -0.39 is 6.10 Å². The van der Waals surface area contributed by atoms with Crippen LogP contribution in [0.2, 0.25) is 0 Å². The van der Waals surface area contributed by atoms with Gasteiger partial charge in [-0.15, -0.1) is 0 Å².